The highest BCUT2D eigenvalue weighted by Gasteiger charge is 2.11. The Labute approximate surface area is 107 Å². The summed E-state index contributed by atoms with van der Waals surface area (Å²) in [6.45, 7) is 4.33. The molecule has 94 valence electrons. The summed E-state index contributed by atoms with van der Waals surface area (Å²) in [5.74, 6) is -0.993. The number of nitrogens with one attached hydrogen (secondary N) is 1. The molecular formula is C11H19Cl2NO2. The van der Waals surface area contributed by atoms with Crippen LogP contribution in [0.2, 0.25) is 0 Å². The molecule has 3 nitrogen and oxygen atoms in total. The Balaban J connectivity index is 3.58. The molecule has 0 aromatic carbocycles. The van der Waals surface area contributed by atoms with E-state index in [9.17, 15) is 4.79 Å². The number of hydrogen-bond donors (Lipinski definition) is 2. The summed E-state index contributed by atoms with van der Waals surface area (Å²) >= 11 is 11.1. The fraction of sp³-hybridized carbons (Fsp3) is 0.727. The van der Waals surface area contributed by atoms with Crippen molar-refractivity contribution in [2.24, 2.45) is 5.92 Å². The molecule has 0 spiro atoms. The molecule has 2 atom stereocenters. The van der Waals surface area contributed by atoms with Crippen LogP contribution >= 0.6 is 23.2 Å². The maximum absolute atomic E-state index is 10.6. The van der Waals surface area contributed by atoms with Crippen LogP contribution in [0.1, 0.15) is 33.1 Å². The van der Waals surface area contributed by atoms with Crippen molar-refractivity contribution < 1.29 is 9.90 Å². The molecule has 16 heavy (non-hydrogen) atoms. The lowest BCUT2D eigenvalue weighted by atomic mass is 10.0. The molecule has 0 bridgehead atoms. The average Bonchev–Trinajstić information content (AvgIpc) is 2.25. The lowest BCUT2D eigenvalue weighted by Gasteiger charge is -2.13. The lowest BCUT2D eigenvalue weighted by Crippen LogP contribution is -2.27. The van der Waals surface area contributed by atoms with Crippen LogP contribution in [-0.4, -0.2) is 23.7 Å². The number of carbonyl (C=O) groups is 1. The molecule has 0 rings (SSSR count). The molecule has 0 amide bonds. The van der Waals surface area contributed by atoms with Gasteiger partial charge in [-0.3, -0.25) is 4.79 Å². The largest absolute Gasteiger partial charge is 0.481 e. The Hall–Kier alpha value is -0.250. The zero-order valence-electron chi connectivity index (χ0n) is 9.67. The van der Waals surface area contributed by atoms with Crippen LogP contribution in [0.15, 0.2) is 10.6 Å². The lowest BCUT2D eigenvalue weighted by molar-refractivity contribution is -0.141. The fourth-order valence-corrected chi connectivity index (χ4v) is 1.42. The maximum Gasteiger partial charge on any atom is 0.306 e. The van der Waals surface area contributed by atoms with Crippen LogP contribution < -0.4 is 5.32 Å². The van der Waals surface area contributed by atoms with Gasteiger partial charge in [-0.05, 0) is 19.8 Å². The van der Waals surface area contributed by atoms with Crippen molar-refractivity contribution in [3.63, 3.8) is 0 Å². The van der Waals surface area contributed by atoms with Gasteiger partial charge in [-0.2, -0.15) is 0 Å². The van der Waals surface area contributed by atoms with E-state index in [2.05, 4.69) is 5.32 Å². The van der Waals surface area contributed by atoms with Crippen molar-refractivity contribution in [3.05, 3.63) is 10.6 Å². The standard InChI is InChI=1S/C11H19Cl2NO2/c1-8(11(15)16)4-3-5-9(2)14-7-10(13)6-12/h6,8-9,14H,3-5,7H2,1-2H3,(H,15,16). The SMILES string of the molecule is CC(CCCC(C)C(=O)O)NCC(Cl)=CCl. The third-order valence-electron chi connectivity index (χ3n) is 2.43. The molecule has 0 heterocycles. The van der Waals surface area contributed by atoms with Crippen LogP contribution in [0.5, 0.6) is 0 Å². The third kappa shape index (κ3) is 7.97. The van der Waals surface area contributed by atoms with Gasteiger partial charge < -0.3 is 10.4 Å². The Morgan fingerprint density at radius 2 is 2.06 bits per heavy atom. The Bertz CT molecular complexity index is 244. The zero-order chi connectivity index (χ0) is 12.6. The summed E-state index contributed by atoms with van der Waals surface area (Å²) in [5, 5.41) is 12.5. The van der Waals surface area contributed by atoms with Gasteiger partial charge in [0.05, 0.1) is 5.92 Å². The summed E-state index contributed by atoms with van der Waals surface area (Å²) in [5.41, 5.74) is 1.34. The molecule has 0 saturated carbocycles. The van der Waals surface area contributed by atoms with E-state index in [1.165, 1.54) is 5.54 Å². The Kier molecular flexibility index (Phi) is 8.71. The second-order valence-electron chi connectivity index (χ2n) is 4.01. The topological polar surface area (TPSA) is 49.3 Å². The smallest absolute Gasteiger partial charge is 0.306 e. The Morgan fingerprint density at radius 1 is 1.44 bits per heavy atom. The molecule has 2 unspecified atom stereocenters. The van der Waals surface area contributed by atoms with E-state index in [1.54, 1.807) is 6.92 Å². The van der Waals surface area contributed by atoms with Crippen LogP contribution in [0.3, 0.4) is 0 Å². The van der Waals surface area contributed by atoms with E-state index >= 15 is 0 Å². The average molecular weight is 268 g/mol. The van der Waals surface area contributed by atoms with Crippen LogP contribution in [0.25, 0.3) is 0 Å². The summed E-state index contributed by atoms with van der Waals surface area (Å²) in [7, 11) is 0. The molecule has 5 heteroatoms. The first kappa shape index (κ1) is 15.8. The van der Waals surface area contributed by atoms with Crippen LogP contribution in [0, 0.1) is 5.92 Å². The summed E-state index contributed by atoms with van der Waals surface area (Å²) in [4.78, 5) is 10.6. The number of carboxylic acid groups (broad SMARTS) is 1. The van der Waals surface area contributed by atoms with Crippen LogP contribution in [-0.2, 0) is 4.79 Å². The number of halogens is 2. The van der Waals surface area contributed by atoms with Crippen molar-refractivity contribution in [2.75, 3.05) is 6.54 Å². The molecule has 0 aliphatic heterocycles. The van der Waals surface area contributed by atoms with Crippen molar-refractivity contribution >= 4 is 29.2 Å². The monoisotopic (exact) mass is 267 g/mol. The normalized spacial score (nSPS) is 15.9. The molecule has 0 saturated heterocycles. The number of carboxylic acids is 1. The molecular weight excluding hydrogens is 249 g/mol. The summed E-state index contributed by atoms with van der Waals surface area (Å²) in [6, 6.07) is 0.311. The molecule has 0 aromatic heterocycles. The van der Waals surface area contributed by atoms with Gasteiger partial charge in [0.15, 0.2) is 0 Å². The van der Waals surface area contributed by atoms with Gasteiger partial charge in [0.25, 0.3) is 0 Å². The minimum Gasteiger partial charge on any atom is -0.481 e. The van der Waals surface area contributed by atoms with Gasteiger partial charge in [-0.15, -0.1) is 0 Å². The molecule has 2 N–H and O–H groups in total. The van der Waals surface area contributed by atoms with Gasteiger partial charge >= 0.3 is 5.97 Å². The molecule has 0 aliphatic rings. The summed E-state index contributed by atoms with van der Waals surface area (Å²) in [6.07, 6.45) is 2.54. The fourth-order valence-electron chi connectivity index (χ4n) is 1.27. The minimum atomic E-state index is -0.728. The number of aliphatic carboxylic acids is 1. The van der Waals surface area contributed by atoms with Crippen molar-refractivity contribution in [1.29, 1.82) is 0 Å². The van der Waals surface area contributed by atoms with Crippen molar-refractivity contribution in [2.45, 2.75) is 39.2 Å². The van der Waals surface area contributed by atoms with E-state index in [0.29, 0.717) is 24.0 Å². The highest BCUT2D eigenvalue weighted by Crippen LogP contribution is 2.10. The second-order valence-corrected chi connectivity index (χ2v) is 4.71. The number of hydrogen-bond acceptors (Lipinski definition) is 2. The highest BCUT2D eigenvalue weighted by atomic mass is 35.5. The second kappa shape index (κ2) is 8.85. The van der Waals surface area contributed by atoms with Gasteiger partial charge in [-0.25, -0.2) is 0 Å². The molecule has 0 aliphatic carbocycles. The maximum atomic E-state index is 10.6. The van der Waals surface area contributed by atoms with Gasteiger partial charge in [0.1, 0.15) is 0 Å². The third-order valence-corrected chi connectivity index (χ3v) is 3.05. The van der Waals surface area contributed by atoms with Gasteiger partial charge in [0, 0.05) is 23.2 Å². The highest BCUT2D eigenvalue weighted by molar-refractivity contribution is 6.36. The van der Waals surface area contributed by atoms with E-state index in [1.807, 2.05) is 6.92 Å². The molecule has 0 radical (unpaired) electrons. The summed E-state index contributed by atoms with van der Waals surface area (Å²) < 4.78 is 0. The van der Waals surface area contributed by atoms with Crippen molar-refractivity contribution in [3.8, 4) is 0 Å². The first-order valence-corrected chi connectivity index (χ1v) is 6.19. The Morgan fingerprint density at radius 3 is 2.56 bits per heavy atom. The predicted molar refractivity (Wildman–Crippen MR) is 67.9 cm³/mol. The van der Waals surface area contributed by atoms with Gasteiger partial charge in [-0.1, -0.05) is 36.5 Å². The first-order valence-electron chi connectivity index (χ1n) is 5.38. The van der Waals surface area contributed by atoms with E-state index in [4.69, 9.17) is 28.3 Å². The minimum absolute atomic E-state index is 0.265. The van der Waals surface area contributed by atoms with Gasteiger partial charge in [0.2, 0.25) is 0 Å². The van der Waals surface area contributed by atoms with Crippen LogP contribution in [0.4, 0.5) is 0 Å². The number of rotatable bonds is 8. The van der Waals surface area contributed by atoms with Crippen molar-refractivity contribution in [1.82, 2.24) is 5.32 Å². The molecule has 0 aromatic rings. The first-order chi connectivity index (χ1) is 7.47. The quantitative estimate of drug-likeness (QED) is 0.710. The predicted octanol–water partition coefficient (Wildman–Crippen LogP) is 3.17. The van der Waals surface area contributed by atoms with E-state index < -0.39 is 5.97 Å². The van der Waals surface area contributed by atoms with E-state index in [0.717, 1.165) is 12.8 Å². The zero-order valence-corrected chi connectivity index (χ0v) is 11.2. The van der Waals surface area contributed by atoms with E-state index in [-0.39, 0.29) is 5.92 Å². The molecule has 0 fully saturated rings.